The highest BCUT2D eigenvalue weighted by Crippen LogP contribution is 2.20. The number of rotatable bonds is 9. The number of benzene rings is 2. The molecule has 0 atom stereocenters. The molecule has 1 N–H and O–H groups in total. The van der Waals surface area contributed by atoms with Gasteiger partial charge in [0.05, 0.1) is 12.0 Å². The van der Waals surface area contributed by atoms with Crippen LogP contribution in [0.5, 0.6) is 11.5 Å². The minimum atomic E-state index is -3.52. The number of hydrogen-bond donors (Lipinski definition) is 1. The first-order valence-electron chi connectivity index (χ1n) is 10.2. The van der Waals surface area contributed by atoms with Gasteiger partial charge in [-0.2, -0.15) is 4.31 Å². The number of methoxy groups -OCH3 is 1. The third-order valence-corrected chi connectivity index (χ3v) is 7.14. The summed E-state index contributed by atoms with van der Waals surface area (Å²) in [7, 11) is -1.97. The number of carbonyl (C=O) groups is 1. The minimum Gasteiger partial charge on any atom is -0.497 e. The fourth-order valence-electron chi connectivity index (χ4n) is 3.36. The summed E-state index contributed by atoms with van der Waals surface area (Å²) in [6, 6.07) is 14.0. The molecule has 0 aliphatic carbocycles. The van der Waals surface area contributed by atoms with Crippen LogP contribution in [-0.2, 0) is 14.8 Å². The van der Waals surface area contributed by atoms with Crippen molar-refractivity contribution in [3.8, 4) is 11.5 Å². The zero-order chi connectivity index (χ0) is 22.3. The highest BCUT2D eigenvalue weighted by Gasteiger charge is 2.28. The maximum absolute atomic E-state index is 12.8. The molecule has 168 valence electrons. The van der Waals surface area contributed by atoms with Gasteiger partial charge in [-0.15, -0.1) is 0 Å². The Bertz CT molecular complexity index is 971. The van der Waals surface area contributed by atoms with Crippen molar-refractivity contribution in [1.29, 1.82) is 0 Å². The number of carbonyl (C=O) groups excluding carboxylic acids is 1. The van der Waals surface area contributed by atoms with E-state index in [0.29, 0.717) is 50.8 Å². The third-order valence-electron chi connectivity index (χ3n) is 5.23. The lowest BCUT2D eigenvalue weighted by molar-refractivity contribution is -0.123. The van der Waals surface area contributed by atoms with Crippen LogP contribution in [0, 0.1) is 6.92 Å². The molecule has 1 saturated heterocycles. The topological polar surface area (TPSA) is 88.2 Å². The molecule has 1 fully saturated rings. The molecule has 0 spiro atoms. The van der Waals surface area contributed by atoms with E-state index in [0.717, 1.165) is 5.56 Å². The van der Waals surface area contributed by atoms with E-state index in [1.165, 1.54) is 4.31 Å². The molecule has 2 aromatic rings. The van der Waals surface area contributed by atoms with Gasteiger partial charge in [-0.1, -0.05) is 18.2 Å². The Balaban J connectivity index is 1.38. The summed E-state index contributed by atoms with van der Waals surface area (Å²) in [6.07, 6.45) is 0. The lowest BCUT2D eigenvalue weighted by Gasteiger charge is -2.34. The quantitative estimate of drug-likeness (QED) is 0.627. The number of amides is 1. The maximum Gasteiger partial charge on any atom is 0.257 e. The van der Waals surface area contributed by atoms with Crippen molar-refractivity contribution in [2.75, 3.05) is 53.0 Å². The largest absolute Gasteiger partial charge is 0.497 e. The van der Waals surface area contributed by atoms with E-state index in [1.807, 2.05) is 31.2 Å². The van der Waals surface area contributed by atoms with E-state index in [-0.39, 0.29) is 17.4 Å². The Morgan fingerprint density at radius 2 is 1.71 bits per heavy atom. The van der Waals surface area contributed by atoms with Gasteiger partial charge in [-0.05, 0) is 42.8 Å². The van der Waals surface area contributed by atoms with Crippen molar-refractivity contribution in [2.45, 2.75) is 11.8 Å². The highest BCUT2D eigenvalue weighted by atomic mass is 32.2. The second-order valence-corrected chi connectivity index (χ2v) is 9.26. The Labute approximate surface area is 183 Å². The summed E-state index contributed by atoms with van der Waals surface area (Å²) >= 11 is 0. The van der Waals surface area contributed by atoms with E-state index in [2.05, 4.69) is 10.2 Å². The molecule has 1 heterocycles. The molecule has 31 heavy (non-hydrogen) atoms. The molecule has 1 amide bonds. The number of aryl methyl sites for hydroxylation is 1. The number of sulfonamides is 1. The third kappa shape index (κ3) is 6.19. The molecule has 9 heteroatoms. The van der Waals surface area contributed by atoms with Crippen LogP contribution < -0.4 is 14.8 Å². The zero-order valence-electron chi connectivity index (χ0n) is 17.9. The van der Waals surface area contributed by atoms with Gasteiger partial charge in [0.2, 0.25) is 10.0 Å². The van der Waals surface area contributed by atoms with Gasteiger partial charge < -0.3 is 14.8 Å². The first-order valence-corrected chi connectivity index (χ1v) is 11.7. The Morgan fingerprint density at radius 1 is 1.03 bits per heavy atom. The van der Waals surface area contributed by atoms with Crippen LogP contribution in [0.2, 0.25) is 0 Å². The van der Waals surface area contributed by atoms with Gasteiger partial charge in [0.25, 0.3) is 5.91 Å². The molecular weight excluding hydrogens is 418 g/mol. The first-order chi connectivity index (χ1) is 14.9. The molecule has 0 aromatic heterocycles. The van der Waals surface area contributed by atoms with Crippen LogP contribution in [0.15, 0.2) is 53.4 Å². The van der Waals surface area contributed by atoms with E-state index in [9.17, 15) is 13.2 Å². The van der Waals surface area contributed by atoms with Gasteiger partial charge in [0, 0.05) is 39.3 Å². The highest BCUT2D eigenvalue weighted by molar-refractivity contribution is 7.89. The molecule has 1 aliphatic rings. The Hall–Kier alpha value is -2.62. The number of para-hydroxylation sites is 1. The number of hydrogen-bond acceptors (Lipinski definition) is 6. The monoisotopic (exact) mass is 447 g/mol. The fraction of sp³-hybridized carbons (Fsp3) is 0.409. The van der Waals surface area contributed by atoms with Crippen molar-refractivity contribution in [2.24, 2.45) is 0 Å². The van der Waals surface area contributed by atoms with Gasteiger partial charge in [0.15, 0.2) is 6.61 Å². The van der Waals surface area contributed by atoms with Gasteiger partial charge in [0.1, 0.15) is 11.5 Å². The molecule has 1 aliphatic heterocycles. The lowest BCUT2D eigenvalue weighted by Crippen LogP contribution is -2.50. The average Bonchev–Trinajstić information content (AvgIpc) is 2.79. The van der Waals surface area contributed by atoms with Crippen LogP contribution in [0.1, 0.15) is 5.56 Å². The van der Waals surface area contributed by atoms with Crippen LogP contribution in [-0.4, -0.2) is 76.5 Å². The predicted octanol–water partition coefficient (Wildman–Crippen LogP) is 1.51. The summed E-state index contributed by atoms with van der Waals surface area (Å²) in [6.45, 7) is 5.11. The maximum atomic E-state index is 12.8. The molecule has 2 aromatic carbocycles. The standard InChI is InChI=1S/C22H29N3O5S/c1-18-5-3-4-6-21(18)30-17-22(26)23-11-12-24-13-15-25(16-14-24)31(27,28)20-9-7-19(29-2)8-10-20/h3-10H,11-17H2,1-2H3,(H,23,26). The molecule has 0 unspecified atom stereocenters. The van der Waals surface area contributed by atoms with E-state index >= 15 is 0 Å². The van der Waals surface area contributed by atoms with Crippen molar-refractivity contribution in [3.05, 3.63) is 54.1 Å². The summed E-state index contributed by atoms with van der Waals surface area (Å²) < 4.78 is 37.7. The van der Waals surface area contributed by atoms with Crippen molar-refractivity contribution < 1.29 is 22.7 Å². The van der Waals surface area contributed by atoms with Gasteiger partial charge >= 0.3 is 0 Å². The Kier molecular flexibility index (Phi) is 7.89. The first kappa shape index (κ1) is 23.1. The van der Waals surface area contributed by atoms with E-state index in [4.69, 9.17) is 9.47 Å². The van der Waals surface area contributed by atoms with Crippen molar-refractivity contribution >= 4 is 15.9 Å². The number of piperazine rings is 1. The summed E-state index contributed by atoms with van der Waals surface area (Å²) in [4.78, 5) is 14.4. The number of nitrogens with zero attached hydrogens (tertiary/aromatic N) is 2. The van der Waals surface area contributed by atoms with Crippen LogP contribution in [0.4, 0.5) is 0 Å². The van der Waals surface area contributed by atoms with E-state index < -0.39 is 10.0 Å². The van der Waals surface area contributed by atoms with Crippen molar-refractivity contribution in [1.82, 2.24) is 14.5 Å². The minimum absolute atomic E-state index is 0.0290. The number of ether oxygens (including phenoxy) is 2. The second-order valence-electron chi connectivity index (χ2n) is 7.33. The SMILES string of the molecule is COc1ccc(S(=O)(=O)N2CCN(CCNC(=O)COc3ccccc3C)CC2)cc1. The molecular formula is C22H29N3O5S. The molecule has 0 radical (unpaired) electrons. The smallest absolute Gasteiger partial charge is 0.257 e. The molecule has 3 rings (SSSR count). The van der Waals surface area contributed by atoms with Crippen LogP contribution >= 0.6 is 0 Å². The normalized spacial score (nSPS) is 15.4. The summed E-state index contributed by atoms with van der Waals surface area (Å²) in [5, 5.41) is 2.85. The molecule has 8 nitrogen and oxygen atoms in total. The van der Waals surface area contributed by atoms with Crippen LogP contribution in [0.25, 0.3) is 0 Å². The van der Waals surface area contributed by atoms with E-state index in [1.54, 1.807) is 31.4 Å². The zero-order valence-corrected chi connectivity index (χ0v) is 18.7. The van der Waals surface area contributed by atoms with Crippen LogP contribution in [0.3, 0.4) is 0 Å². The summed E-state index contributed by atoms with van der Waals surface area (Å²) in [5.74, 6) is 1.14. The fourth-order valence-corrected chi connectivity index (χ4v) is 4.78. The van der Waals surface area contributed by atoms with Gasteiger partial charge in [-0.3, -0.25) is 9.69 Å². The second kappa shape index (κ2) is 10.6. The summed E-state index contributed by atoms with van der Waals surface area (Å²) in [5.41, 5.74) is 0.984. The Morgan fingerprint density at radius 3 is 2.35 bits per heavy atom. The van der Waals surface area contributed by atoms with Crippen molar-refractivity contribution in [3.63, 3.8) is 0 Å². The number of nitrogens with one attached hydrogen (secondary N) is 1. The molecule has 0 bridgehead atoms. The van der Waals surface area contributed by atoms with Gasteiger partial charge in [-0.25, -0.2) is 8.42 Å². The lowest BCUT2D eigenvalue weighted by atomic mass is 10.2. The molecule has 0 saturated carbocycles. The average molecular weight is 448 g/mol. The predicted molar refractivity (Wildman–Crippen MR) is 118 cm³/mol.